The van der Waals surface area contributed by atoms with Gasteiger partial charge >= 0.3 is 0 Å². The second-order valence-corrected chi connectivity index (χ2v) is 11.2. The molecule has 2 N–H and O–H groups in total. The highest BCUT2D eigenvalue weighted by molar-refractivity contribution is 7.90. The van der Waals surface area contributed by atoms with E-state index in [1.54, 1.807) is 6.92 Å². The van der Waals surface area contributed by atoms with Crippen LogP contribution in [0.25, 0.3) is 0 Å². The summed E-state index contributed by atoms with van der Waals surface area (Å²) in [6.07, 6.45) is 2.69. The highest BCUT2D eigenvalue weighted by Crippen LogP contribution is 2.21. The van der Waals surface area contributed by atoms with Gasteiger partial charge in [0, 0.05) is 30.5 Å². The van der Waals surface area contributed by atoms with E-state index in [0.717, 1.165) is 19.1 Å². The molecule has 11 heteroatoms. The van der Waals surface area contributed by atoms with Crippen molar-refractivity contribution in [3.05, 3.63) is 59.2 Å². The van der Waals surface area contributed by atoms with Crippen LogP contribution in [-0.4, -0.2) is 52.3 Å². The Kier molecular flexibility index (Phi) is 6.48. The van der Waals surface area contributed by atoms with Crippen molar-refractivity contribution in [3.8, 4) is 0 Å². The van der Waals surface area contributed by atoms with Crippen LogP contribution < -0.4 is 10.9 Å². The Balaban J connectivity index is 1.68. The lowest BCUT2D eigenvalue weighted by Gasteiger charge is -2.15. The summed E-state index contributed by atoms with van der Waals surface area (Å²) in [7, 11) is -7.07. The number of carbonyl (C=O) groups is 2. The minimum Gasteiger partial charge on any atom is -0.267 e. The molecule has 1 saturated heterocycles. The molecule has 0 radical (unpaired) electrons. The first-order valence-electron chi connectivity index (χ1n) is 9.52. The summed E-state index contributed by atoms with van der Waals surface area (Å²) in [6.45, 7) is 2.61. The summed E-state index contributed by atoms with van der Waals surface area (Å²) in [4.78, 5) is 24.8. The highest BCUT2D eigenvalue weighted by Gasteiger charge is 2.27. The Morgan fingerprint density at radius 1 is 0.839 bits per heavy atom. The minimum absolute atomic E-state index is 0.00984. The fraction of sp³-hybridized carbons (Fsp3) is 0.300. The first-order chi connectivity index (χ1) is 14.5. The van der Waals surface area contributed by atoms with Crippen LogP contribution in [-0.2, 0) is 19.9 Å². The maximum atomic E-state index is 12.5. The number of nitrogens with zero attached hydrogens (tertiary/aromatic N) is 1. The fourth-order valence-electron chi connectivity index (χ4n) is 3.19. The Morgan fingerprint density at radius 2 is 1.39 bits per heavy atom. The van der Waals surface area contributed by atoms with Crippen LogP contribution in [0.1, 0.15) is 39.1 Å². The summed E-state index contributed by atoms with van der Waals surface area (Å²) >= 11 is 0. The topological polar surface area (TPSA) is 130 Å². The predicted octanol–water partition coefficient (Wildman–Crippen LogP) is 1.26. The van der Waals surface area contributed by atoms with Gasteiger partial charge in [0.15, 0.2) is 9.84 Å². The number of hydrogen-bond acceptors (Lipinski definition) is 6. The number of carbonyl (C=O) groups excluding carboxylic acids is 2. The molecular formula is C20H23N3O6S2. The molecule has 9 nitrogen and oxygen atoms in total. The van der Waals surface area contributed by atoms with E-state index in [9.17, 15) is 26.4 Å². The third-order valence-corrected chi connectivity index (χ3v) is 8.01. The summed E-state index contributed by atoms with van der Waals surface area (Å²) in [5.41, 5.74) is 5.29. The predicted molar refractivity (Wildman–Crippen MR) is 114 cm³/mol. The van der Waals surface area contributed by atoms with Gasteiger partial charge in [0.05, 0.1) is 9.79 Å². The zero-order valence-corrected chi connectivity index (χ0v) is 18.7. The molecule has 1 aliphatic heterocycles. The molecule has 0 saturated carbocycles. The van der Waals surface area contributed by atoms with E-state index < -0.39 is 31.7 Å². The molecule has 0 unspecified atom stereocenters. The summed E-state index contributed by atoms with van der Waals surface area (Å²) in [5, 5.41) is 0. The van der Waals surface area contributed by atoms with Crippen LogP contribution in [0.5, 0.6) is 0 Å². The van der Waals surface area contributed by atoms with E-state index in [1.165, 1.54) is 46.8 Å². The molecular weight excluding hydrogens is 442 g/mol. The molecule has 0 atom stereocenters. The summed E-state index contributed by atoms with van der Waals surface area (Å²) in [5.74, 6) is -1.32. The average molecular weight is 466 g/mol. The van der Waals surface area contributed by atoms with Gasteiger partial charge in [-0.1, -0.05) is 6.07 Å². The molecule has 0 aliphatic carbocycles. The first-order valence-corrected chi connectivity index (χ1v) is 12.8. The van der Waals surface area contributed by atoms with Crippen LogP contribution in [0.3, 0.4) is 0 Å². The van der Waals surface area contributed by atoms with E-state index in [0.29, 0.717) is 18.7 Å². The van der Waals surface area contributed by atoms with Gasteiger partial charge in [-0.05, 0) is 61.7 Å². The van der Waals surface area contributed by atoms with Crippen molar-refractivity contribution < 1.29 is 26.4 Å². The number of amides is 2. The van der Waals surface area contributed by atoms with E-state index >= 15 is 0 Å². The molecule has 2 aromatic rings. The summed E-state index contributed by atoms with van der Waals surface area (Å²) < 4.78 is 49.9. The van der Waals surface area contributed by atoms with Crippen molar-refractivity contribution in [3.63, 3.8) is 0 Å². The minimum atomic E-state index is -3.58. The van der Waals surface area contributed by atoms with Gasteiger partial charge in [0.25, 0.3) is 11.8 Å². The number of hydrazine groups is 1. The van der Waals surface area contributed by atoms with E-state index in [-0.39, 0.29) is 20.9 Å². The van der Waals surface area contributed by atoms with E-state index in [1.807, 2.05) is 0 Å². The Hall–Kier alpha value is -2.76. The van der Waals surface area contributed by atoms with Gasteiger partial charge < -0.3 is 0 Å². The van der Waals surface area contributed by atoms with Crippen molar-refractivity contribution in [2.45, 2.75) is 29.6 Å². The zero-order chi connectivity index (χ0) is 22.8. The fourth-order valence-corrected chi connectivity index (χ4v) is 5.35. The SMILES string of the molecule is Cc1ccc(S(C)(=O)=O)cc1C(=O)NNC(=O)c1ccc(S(=O)(=O)N2CCCC2)cc1. The number of rotatable bonds is 5. The van der Waals surface area contributed by atoms with E-state index in [2.05, 4.69) is 10.9 Å². The molecule has 0 spiro atoms. The van der Waals surface area contributed by atoms with Gasteiger partial charge in [-0.2, -0.15) is 4.31 Å². The van der Waals surface area contributed by atoms with Crippen molar-refractivity contribution >= 4 is 31.7 Å². The summed E-state index contributed by atoms with van der Waals surface area (Å²) in [6, 6.07) is 9.57. The number of hydrogen-bond donors (Lipinski definition) is 2. The lowest BCUT2D eigenvalue weighted by atomic mass is 10.1. The molecule has 1 heterocycles. The Labute approximate surface area is 181 Å². The quantitative estimate of drug-likeness (QED) is 0.640. The molecule has 1 aliphatic rings. The molecule has 0 aromatic heterocycles. The second kappa shape index (κ2) is 8.77. The van der Waals surface area contributed by atoms with Gasteiger partial charge in [0.2, 0.25) is 10.0 Å². The lowest BCUT2D eigenvalue weighted by Crippen LogP contribution is -2.42. The molecule has 2 aromatic carbocycles. The maximum absolute atomic E-state index is 12.5. The largest absolute Gasteiger partial charge is 0.270 e. The third-order valence-electron chi connectivity index (χ3n) is 4.99. The van der Waals surface area contributed by atoms with Crippen molar-refractivity contribution in [1.82, 2.24) is 15.2 Å². The number of benzene rings is 2. The van der Waals surface area contributed by atoms with Crippen LogP contribution in [0.4, 0.5) is 0 Å². The maximum Gasteiger partial charge on any atom is 0.270 e. The monoisotopic (exact) mass is 465 g/mol. The molecule has 166 valence electrons. The van der Waals surface area contributed by atoms with Gasteiger partial charge in [0.1, 0.15) is 0 Å². The van der Waals surface area contributed by atoms with Gasteiger partial charge in [-0.25, -0.2) is 16.8 Å². The average Bonchev–Trinajstić information content (AvgIpc) is 3.27. The smallest absolute Gasteiger partial charge is 0.267 e. The molecule has 3 rings (SSSR count). The first kappa shape index (κ1) is 22.9. The molecule has 0 bridgehead atoms. The number of nitrogens with one attached hydrogen (secondary N) is 2. The number of sulfonamides is 1. The molecule has 31 heavy (non-hydrogen) atoms. The van der Waals surface area contributed by atoms with Crippen LogP contribution >= 0.6 is 0 Å². The number of sulfone groups is 1. The zero-order valence-electron chi connectivity index (χ0n) is 17.1. The standard InChI is InChI=1S/C20H23N3O6S2/c1-14-5-8-17(30(2,26)27)13-18(14)20(25)22-21-19(24)15-6-9-16(10-7-15)31(28,29)23-11-3-4-12-23/h5-10,13H,3-4,11-12H2,1-2H3,(H,21,24)(H,22,25). The normalized spacial score (nSPS) is 14.9. The van der Waals surface area contributed by atoms with Crippen LogP contribution in [0, 0.1) is 6.92 Å². The van der Waals surface area contributed by atoms with Gasteiger partial charge in [-0.3, -0.25) is 20.4 Å². The molecule has 1 fully saturated rings. The highest BCUT2D eigenvalue weighted by atomic mass is 32.2. The van der Waals surface area contributed by atoms with Gasteiger partial charge in [-0.15, -0.1) is 0 Å². The second-order valence-electron chi connectivity index (χ2n) is 7.29. The molecule has 2 amide bonds. The van der Waals surface area contributed by atoms with Crippen molar-refractivity contribution in [2.24, 2.45) is 0 Å². The third kappa shape index (κ3) is 5.12. The number of aryl methyl sites for hydroxylation is 1. The van der Waals surface area contributed by atoms with Crippen molar-refractivity contribution in [1.29, 1.82) is 0 Å². The van der Waals surface area contributed by atoms with Crippen LogP contribution in [0.15, 0.2) is 52.3 Å². The Morgan fingerprint density at radius 3 is 1.97 bits per heavy atom. The lowest BCUT2D eigenvalue weighted by molar-refractivity contribution is 0.0846. The van der Waals surface area contributed by atoms with Crippen molar-refractivity contribution in [2.75, 3.05) is 19.3 Å². The van der Waals surface area contributed by atoms with E-state index in [4.69, 9.17) is 0 Å². The Bertz CT molecular complexity index is 1220. The van der Waals surface area contributed by atoms with Crippen LogP contribution in [0.2, 0.25) is 0 Å².